The number of hydrogen-bond donors (Lipinski definition) is 1. The predicted octanol–water partition coefficient (Wildman–Crippen LogP) is 3.25. The first kappa shape index (κ1) is 15.0. The number of nitro benzene ring substituents is 1. The van der Waals surface area contributed by atoms with Gasteiger partial charge in [0.25, 0.3) is 5.69 Å². The van der Waals surface area contributed by atoms with Gasteiger partial charge in [-0.15, -0.1) is 0 Å². The van der Waals surface area contributed by atoms with Gasteiger partial charge in [0.2, 0.25) is 0 Å². The number of non-ortho nitro benzene ring substituents is 1. The summed E-state index contributed by atoms with van der Waals surface area (Å²) in [6.45, 7) is 4.72. The molecule has 110 valence electrons. The fourth-order valence-electron chi connectivity index (χ4n) is 2.30. The van der Waals surface area contributed by atoms with E-state index in [9.17, 15) is 10.1 Å². The molecule has 5 nitrogen and oxygen atoms in total. The lowest BCUT2D eigenvalue weighted by molar-refractivity contribution is -0.384. The molecule has 0 heterocycles. The van der Waals surface area contributed by atoms with E-state index in [4.69, 9.17) is 10.5 Å². The molecule has 0 bridgehead atoms. The van der Waals surface area contributed by atoms with E-state index in [0.29, 0.717) is 13.2 Å². The molecular weight excluding hydrogens is 268 g/mol. The standard InChI is InChI=1S/C16H18N2O3/c1-11-6-14(9-17)7-12(2)16(11)21-10-13-4-3-5-15(8-13)18(19)20/h3-8H,9-10,17H2,1-2H3. The van der Waals surface area contributed by atoms with Gasteiger partial charge in [0.05, 0.1) is 4.92 Å². The molecule has 2 N–H and O–H groups in total. The zero-order valence-electron chi connectivity index (χ0n) is 12.1. The number of aryl methyl sites for hydroxylation is 2. The van der Waals surface area contributed by atoms with Gasteiger partial charge >= 0.3 is 0 Å². The summed E-state index contributed by atoms with van der Waals surface area (Å²) in [7, 11) is 0. The molecule has 0 radical (unpaired) electrons. The number of nitro groups is 1. The molecule has 5 heteroatoms. The zero-order chi connectivity index (χ0) is 15.4. The largest absolute Gasteiger partial charge is 0.488 e. The maximum atomic E-state index is 10.8. The Bertz CT molecular complexity index is 645. The van der Waals surface area contributed by atoms with E-state index in [1.807, 2.05) is 32.0 Å². The second-order valence-corrected chi connectivity index (χ2v) is 4.98. The Labute approximate surface area is 123 Å². The van der Waals surface area contributed by atoms with Crippen molar-refractivity contribution in [1.29, 1.82) is 0 Å². The number of hydrogen-bond acceptors (Lipinski definition) is 4. The Morgan fingerprint density at radius 1 is 1.14 bits per heavy atom. The highest BCUT2D eigenvalue weighted by Crippen LogP contribution is 2.26. The lowest BCUT2D eigenvalue weighted by Gasteiger charge is -2.13. The third-order valence-corrected chi connectivity index (χ3v) is 3.26. The van der Waals surface area contributed by atoms with Gasteiger partial charge < -0.3 is 10.5 Å². The van der Waals surface area contributed by atoms with Gasteiger partial charge in [0.15, 0.2) is 0 Å². The molecule has 0 saturated carbocycles. The van der Waals surface area contributed by atoms with Crippen LogP contribution < -0.4 is 10.5 Å². The fraction of sp³-hybridized carbons (Fsp3) is 0.250. The van der Waals surface area contributed by atoms with E-state index in [-0.39, 0.29) is 5.69 Å². The SMILES string of the molecule is Cc1cc(CN)cc(C)c1OCc1cccc([N+](=O)[O-])c1. The van der Waals surface area contributed by atoms with Crippen LogP contribution in [0, 0.1) is 24.0 Å². The maximum Gasteiger partial charge on any atom is 0.269 e. The van der Waals surface area contributed by atoms with Crippen LogP contribution in [0.15, 0.2) is 36.4 Å². The summed E-state index contributed by atoms with van der Waals surface area (Å²) in [5.74, 6) is 0.804. The lowest BCUT2D eigenvalue weighted by Crippen LogP contribution is -2.02. The van der Waals surface area contributed by atoms with Crippen LogP contribution >= 0.6 is 0 Å². The van der Waals surface area contributed by atoms with Crippen molar-refractivity contribution in [2.45, 2.75) is 27.0 Å². The molecule has 0 spiro atoms. The average Bonchev–Trinajstić information content (AvgIpc) is 2.46. The molecule has 0 aliphatic carbocycles. The number of nitrogens with two attached hydrogens (primary N) is 1. The molecule has 0 atom stereocenters. The minimum Gasteiger partial charge on any atom is -0.488 e. The minimum atomic E-state index is -0.407. The summed E-state index contributed by atoms with van der Waals surface area (Å²) in [6.07, 6.45) is 0. The van der Waals surface area contributed by atoms with Crippen LogP contribution in [0.2, 0.25) is 0 Å². The van der Waals surface area contributed by atoms with E-state index in [2.05, 4.69) is 0 Å². The van der Waals surface area contributed by atoms with Crippen LogP contribution in [0.25, 0.3) is 0 Å². The summed E-state index contributed by atoms with van der Waals surface area (Å²) in [5, 5.41) is 10.8. The molecule has 0 amide bonds. The minimum absolute atomic E-state index is 0.0722. The van der Waals surface area contributed by atoms with Gasteiger partial charge in [-0.25, -0.2) is 0 Å². The van der Waals surface area contributed by atoms with Crippen LogP contribution in [0.1, 0.15) is 22.3 Å². The summed E-state index contributed by atoms with van der Waals surface area (Å²) in [6, 6.07) is 10.5. The van der Waals surface area contributed by atoms with Crippen molar-refractivity contribution >= 4 is 5.69 Å². The number of rotatable bonds is 5. The molecule has 2 aromatic rings. The van der Waals surface area contributed by atoms with E-state index < -0.39 is 4.92 Å². The molecule has 2 aromatic carbocycles. The molecule has 0 unspecified atom stereocenters. The first-order valence-corrected chi connectivity index (χ1v) is 6.67. The van der Waals surface area contributed by atoms with Crippen LogP contribution in [-0.4, -0.2) is 4.92 Å². The second-order valence-electron chi connectivity index (χ2n) is 4.98. The summed E-state index contributed by atoms with van der Waals surface area (Å²) in [4.78, 5) is 10.4. The number of benzene rings is 2. The molecule has 0 saturated heterocycles. The topological polar surface area (TPSA) is 78.4 Å². The van der Waals surface area contributed by atoms with Crippen molar-refractivity contribution < 1.29 is 9.66 Å². The Hall–Kier alpha value is -2.40. The molecule has 0 aliphatic heterocycles. The van der Waals surface area contributed by atoms with Crippen molar-refractivity contribution in [2.24, 2.45) is 5.73 Å². The summed E-state index contributed by atoms with van der Waals surface area (Å²) >= 11 is 0. The van der Waals surface area contributed by atoms with E-state index in [1.165, 1.54) is 12.1 Å². The highest BCUT2D eigenvalue weighted by Gasteiger charge is 2.09. The first-order chi connectivity index (χ1) is 10.0. The van der Waals surface area contributed by atoms with Crippen LogP contribution in [-0.2, 0) is 13.2 Å². The fourth-order valence-corrected chi connectivity index (χ4v) is 2.30. The number of nitrogens with zero attached hydrogens (tertiary/aromatic N) is 1. The quantitative estimate of drug-likeness (QED) is 0.676. The average molecular weight is 286 g/mol. The van der Waals surface area contributed by atoms with Gasteiger partial charge in [-0.1, -0.05) is 24.3 Å². The van der Waals surface area contributed by atoms with E-state index in [0.717, 1.165) is 28.0 Å². The molecule has 0 aliphatic rings. The normalized spacial score (nSPS) is 10.4. The maximum absolute atomic E-state index is 10.8. The predicted molar refractivity (Wildman–Crippen MR) is 81.2 cm³/mol. The zero-order valence-corrected chi connectivity index (χ0v) is 12.1. The van der Waals surface area contributed by atoms with E-state index >= 15 is 0 Å². The third kappa shape index (κ3) is 3.58. The molecule has 2 rings (SSSR count). The van der Waals surface area contributed by atoms with Gasteiger partial charge in [-0.05, 0) is 36.1 Å². The Balaban J connectivity index is 2.17. The lowest BCUT2D eigenvalue weighted by atomic mass is 10.1. The van der Waals surface area contributed by atoms with E-state index in [1.54, 1.807) is 6.07 Å². The summed E-state index contributed by atoms with van der Waals surface area (Å²) < 4.78 is 5.82. The highest BCUT2D eigenvalue weighted by atomic mass is 16.6. The van der Waals surface area contributed by atoms with Crippen molar-refractivity contribution in [2.75, 3.05) is 0 Å². The highest BCUT2D eigenvalue weighted by molar-refractivity contribution is 5.43. The molecule has 0 aromatic heterocycles. The monoisotopic (exact) mass is 286 g/mol. The van der Waals surface area contributed by atoms with Gasteiger partial charge in [-0.2, -0.15) is 0 Å². The Kier molecular flexibility index (Phi) is 4.55. The van der Waals surface area contributed by atoms with Crippen LogP contribution in [0.3, 0.4) is 0 Å². The molecule has 0 fully saturated rings. The van der Waals surface area contributed by atoms with Crippen molar-refractivity contribution in [3.05, 3.63) is 68.8 Å². The Morgan fingerprint density at radius 2 is 1.81 bits per heavy atom. The third-order valence-electron chi connectivity index (χ3n) is 3.26. The van der Waals surface area contributed by atoms with Crippen molar-refractivity contribution in [1.82, 2.24) is 0 Å². The molecular formula is C16H18N2O3. The first-order valence-electron chi connectivity index (χ1n) is 6.67. The molecule has 21 heavy (non-hydrogen) atoms. The van der Waals surface area contributed by atoms with Gasteiger partial charge in [-0.3, -0.25) is 10.1 Å². The summed E-state index contributed by atoms with van der Waals surface area (Å²) in [5.41, 5.74) is 9.58. The smallest absolute Gasteiger partial charge is 0.269 e. The van der Waals surface area contributed by atoms with Crippen molar-refractivity contribution in [3.63, 3.8) is 0 Å². The van der Waals surface area contributed by atoms with Crippen molar-refractivity contribution in [3.8, 4) is 5.75 Å². The van der Waals surface area contributed by atoms with Crippen LogP contribution in [0.5, 0.6) is 5.75 Å². The Morgan fingerprint density at radius 3 is 2.38 bits per heavy atom. The number of ether oxygens (including phenoxy) is 1. The van der Waals surface area contributed by atoms with Crippen LogP contribution in [0.4, 0.5) is 5.69 Å². The second kappa shape index (κ2) is 6.37. The van der Waals surface area contributed by atoms with Gasteiger partial charge in [0, 0.05) is 18.7 Å². The van der Waals surface area contributed by atoms with Gasteiger partial charge in [0.1, 0.15) is 12.4 Å².